The summed E-state index contributed by atoms with van der Waals surface area (Å²) in [5.74, 6) is -0.769. The van der Waals surface area contributed by atoms with Gasteiger partial charge >= 0.3 is 0 Å². The molecule has 1 unspecified atom stereocenters. The highest BCUT2D eigenvalue weighted by atomic mass is 35.5. The van der Waals surface area contributed by atoms with Crippen LogP contribution in [0.4, 0.5) is 8.78 Å². The number of rotatable bonds is 2. The lowest BCUT2D eigenvalue weighted by atomic mass is 9.89. The summed E-state index contributed by atoms with van der Waals surface area (Å²) in [5, 5.41) is 10.8. The van der Waals surface area contributed by atoms with Gasteiger partial charge in [-0.25, -0.2) is 8.78 Å². The molecule has 2 aromatic carbocycles. The molecule has 1 nitrogen and oxygen atoms in total. The summed E-state index contributed by atoms with van der Waals surface area (Å²) in [7, 11) is 0. The van der Waals surface area contributed by atoms with Crippen LogP contribution in [-0.2, 0) is 18.4 Å². The molecule has 4 heteroatoms. The maximum absolute atomic E-state index is 13.2. The van der Waals surface area contributed by atoms with Crippen LogP contribution in [0.1, 0.15) is 23.1 Å². The largest absolute Gasteiger partial charge is 0.385 e. The molecule has 104 valence electrons. The minimum atomic E-state index is -1.04. The van der Waals surface area contributed by atoms with Crippen LogP contribution in [0.25, 0.3) is 0 Å². The van der Waals surface area contributed by atoms with Crippen molar-refractivity contribution in [3.8, 4) is 0 Å². The smallest absolute Gasteiger partial charge is 0.141 e. The van der Waals surface area contributed by atoms with Crippen LogP contribution < -0.4 is 0 Å². The molecule has 0 saturated carbocycles. The van der Waals surface area contributed by atoms with Crippen LogP contribution in [0.3, 0.4) is 0 Å². The minimum absolute atomic E-state index is 0.0448. The first kappa shape index (κ1) is 13.5. The number of aryl methyl sites for hydroxylation is 1. The molecule has 0 fully saturated rings. The van der Waals surface area contributed by atoms with Gasteiger partial charge in [0.1, 0.15) is 11.6 Å². The molecule has 0 aliphatic heterocycles. The second kappa shape index (κ2) is 4.83. The molecule has 0 amide bonds. The lowest BCUT2D eigenvalue weighted by Crippen LogP contribution is -2.25. The van der Waals surface area contributed by atoms with E-state index in [2.05, 4.69) is 0 Å². The molecule has 0 heterocycles. The van der Waals surface area contributed by atoms with Crippen LogP contribution in [0.2, 0.25) is 5.02 Å². The van der Waals surface area contributed by atoms with Crippen LogP contribution in [-0.4, -0.2) is 5.11 Å². The van der Waals surface area contributed by atoms with Crippen molar-refractivity contribution in [1.82, 2.24) is 0 Å². The zero-order valence-corrected chi connectivity index (χ0v) is 11.4. The molecular formula is C16H13ClF2O. The third kappa shape index (κ3) is 2.32. The van der Waals surface area contributed by atoms with Gasteiger partial charge in [-0.05, 0) is 53.8 Å². The van der Waals surface area contributed by atoms with E-state index in [1.807, 2.05) is 0 Å². The van der Waals surface area contributed by atoms with E-state index in [0.717, 1.165) is 16.7 Å². The minimum Gasteiger partial charge on any atom is -0.385 e. The molecule has 3 rings (SSSR count). The maximum Gasteiger partial charge on any atom is 0.141 e. The third-order valence-corrected chi connectivity index (χ3v) is 4.15. The molecule has 2 aromatic rings. The van der Waals surface area contributed by atoms with Gasteiger partial charge in [-0.15, -0.1) is 0 Å². The molecule has 1 aliphatic rings. The van der Waals surface area contributed by atoms with Crippen LogP contribution in [0.5, 0.6) is 0 Å². The summed E-state index contributed by atoms with van der Waals surface area (Å²) in [6.45, 7) is 0. The van der Waals surface area contributed by atoms with Crippen molar-refractivity contribution in [2.75, 3.05) is 0 Å². The molecule has 0 spiro atoms. The van der Waals surface area contributed by atoms with E-state index in [1.165, 1.54) is 24.3 Å². The highest BCUT2D eigenvalue weighted by Gasteiger charge is 2.36. The Hall–Kier alpha value is -1.45. The van der Waals surface area contributed by atoms with Gasteiger partial charge in [-0.3, -0.25) is 0 Å². The van der Waals surface area contributed by atoms with E-state index >= 15 is 0 Å². The topological polar surface area (TPSA) is 20.2 Å². The summed E-state index contributed by atoms with van der Waals surface area (Å²) in [5.41, 5.74) is 1.31. The Morgan fingerprint density at radius 1 is 1.15 bits per heavy atom. The quantitative estimate of drug-likeness (QED) is 0.888. The Morgan fingerprint density at radius 2 is 1.95 bits per heavy atom. The molecule has 0 aromatic heterocycles. The van der Waals surface area contributed by atoms with Crippen molar-refractivity contribution in [1.29, 1.82) is 0 Å². The predicted molar refractivity (Wildman–Crippen MR) is 73.7 cm³/mol. The molecular weight excluding hydrogens is 282 g/mol. The number of benzene rings is 2. The van der Waals surface area contributed by atoms with Crippen molar-refractivity contribution in [2.24, 2.45) is 0 Å². The van der Waals surface area contributed by atoms with Crippen molar-refractivity contribution in [3.05, 3.63) is 69.7 Å². The number of hydrogen-bond donors (Lipinski definition) is 1. The van der Waals surface area contributed by atoms with Crippen LogP contribution in [0.15, 0.2) is 36.4 Å². The first-order chi connectivity index (χ1) is 9.48. The van der Waals surface area contributed by atoms with E-state index in [4.69, 9.17) is 11.6 Å². The van der Waals surface area contributed by atoms with Gasteiger partial charge in [0.15, 0.2) is 0 Å². The summed E-state index contributed by atoms with van der Waals surface area (Å²) in [6.07, 6.45) is 1.50. The summed E-state index contributed by atoms with van der Waals surface area (Å²) in [4.78, 5) is 0. The van der Waals surface area contributed by atoms with Crippen molar-refractivity contribution < 1.29 is 13.9 Å². The lowest BCUT2D eigenvalue weighted by molar-refractivity contribution is 0.0389. The van der Waals surface area contributed by atoms with Gasteiger partial charge in [-0.2, -0.15) is 0 Å². The van der Waals surface area contributed by atoms with Crippen LogP contribution in [0, 0.1) is 11.6 Å². The number of fused-ring (bicyclic) bond motifs is 1. The summed E-state index contributed by atoms with van der Waals surface area (Å²) >= 11 is 5.76. The highest BCUT2D eigenvalue weighted by Crippen LogP contribution is 2.39. The second-order valence-corrected chi connectivity index (χ2v) is 5.67. The van der Waals surface area contributed by atoms with Gasteiger partial charge in [0.05, 0.1) is 10.6 Å². The number of halogens is 3. The predicted octanol–water partition coefficient (Wildman–Crippen LogP) is 3.99. The normalized spacial score (nSPS) is 21.0. The van der Waals surface area contributed by atoms with Crippen molar-refractivity contribution in [3.63, 3.8) is 0 Å². The average molecular weight is 295 g/mol. The Labute approximate surface area is 120 Å². The second-order valence-electron chi connectivity index (χ2n) is 5.26. The van der Waals surface area contributed by atoms with Crippen molar-refractivity contribution >= 4 is 11.6 Å². The summed E-state index contributed by atoms with van der Waals surface area (Å²) in [6, 6.07) is 8.87. The Morgan fingerprint density at radius 3 is 2.70 bits per heavy atom. The van der Waals surface area contributed by atoms with Crippen LogP contribution >= 0.6 is 11.6 Å². The monoisotopic (exact) mass is 294 g/mol. The molecule has 0 bridgehead atoms. The standard InChI is InChI=1S/C16H13ClF2O/c17-14-7-10(1-4-15(14)19)9-16(20)6-5-11-8-12(18)2-3-13(11)16/h1-4,7-8,20H,5-6,9H2. The molecule has 0 radical (unpaired) electrons. The van der Waals surface area contributed by atoms with E-state index < -0.39 is 11.4 Å². The number of hydrogen-bond acceptors (Lipinski definition) is 1. The van der Waals surface area contributed by atoms with E-state index in [0.29, 0.717) is 19.3 Å². The average Bonchev–Trinajstić information content (AvgIpc) is 2.71. The van der Waals surface area contributed by atoms with E-state index in [-0.39, 0.29) is 10.8 Å². The fraction of sp³-hybridized carbons (Fsp3) is 0.250. The first-order valence-electron chi connectivity index (χ1n) is 6.43. The Bertz CT molecular complexity index is 672. The van der Waals surface area contributed by atoms with Gasteiger partial charge in [0, 0.05) is 6.42 Å². The van der Waals surface area contributed by atoms with Crippen molar-refractivity contribution in [2.45, 2.75) is 24.9 Å². The van der Waals surface area contributed by atoms with E-state index in [1.54, 1.807) is 12.1 Å². The van der Waals surface area contributed by atoms with E-state index in [9.17, 15) is 13.9 Å². The SMILES string of the molecule is OC1(Cc2ccc(F)c(Cl)c2)CCc2cc(F)ccc21. The zero-order chi connectivity index (χ0) is 14.3. The molecule has 0 saturated heterocycles. The molecule has 1 atom stereocenters. The summed E-state index contributed by atoms with van der Waals surface area (Å²) < 4.78 is 26.4. The fourth-order valence-corrected chi connectivity index (χ4v) is 3.07. The van der Waals surface area contributed by atoms with Gasteiger partial charge in [-0.1, -0.05) is 23.7 Å². The van der Waals surface area contributed by atoms with Gasteiger partial charge in [0.2, 0.25) is 0 Å². The highest BCUT2D eigenvalue weighted by molar-refractivity contribution is 6.30. The fourth-order valence-electron chi connectivity index (χ4n) is 2.87. The molecule has 1 aliphatic carbocycles. The molecule has 1 N–H and O–H groups in total. The maximum atomic E-state index is 13.2. The van der Waals surface area contributed by atoms with Gasteiger partial charge in [0.25, 0.3) is 0 Å². The van der Waals surface area contributed by atoms with Gasteiger partial charge < -0.3 is 5.11 Å². The Balaban J connectivity index is 1.93. The number of aliphatic hydroxyl groups is 1. The molecule has 20 heavy (non-hydrogen) atoms. The zero-order valence-electron chi connectivity index (χ0n) is 10.7. The first-order valence-corrected chi connectivity index (χ1v) is 6.81. The Kier molecular flexibility index (Phi) is 3.27. The lowest BCUT2D eigenvalue weighted by Gasteiger charge is -2.24. The third-order valence-electron chi connectivity index (χ3n) is 3.86.